The number of benzene rings is 2. The maximum absolute atomic E-state index is 14.5. The average molecular weight is 403 g/mol. The van der Waals surface area contributed by atoms with Gasteiger partial charge in [-0.05, 0) is 45.7 Å². The number of likely N-dealkylation sites (N-methyl/N-ethyl adjacent to an activating group) is 1. The Bertz CT molecular complexity index is 864. The molecule has 29 heavy (non-hydrogen) atoms. The molecule has 2 aromatic rings. The van der Waals surface area contributed by atoms with Gasteiger partial charge in [-0.15, -0.1) is 0 Å². The van der Waals surface area contributed by atoms with Crippen molar-refractivity contribution in [3.8, 4) is 5.75 Å². The summed E-state index contributed by atoms with van der Waals surface area (Å²) in [6.07, 6.45) is 0.189. The van der Waals surface area contributed by atoms with Crippen molar-refractivity contribution < 1.29 is 23.0 Å². The summed E-state index contributed by atoms with van der Waals surface area (Å²) in [7, 11) is 0. The Labute approximate surface area is 170 Å². The molecule has 156 valence electrons. The van der Waals surface area contributed by atoms with Crippen LogP contribution >= 0.6 is 0 Å². The van der Waals surface area contributed by atoms with Gasteiger partial charge in [0.2, 0.25) is 0 Å². The largest absolute Gasteiger partial charge is 0.486 e. The average Bonchev–Trinajstić information content (AvgIpc) is 3.40. The van der Waals surface area contributed by atoms with Crippen molar-refractivity contribution in [3.63, 3.8) is 0 Å². The van der Waals surface area contributed by atoms with Crippen LogP contribution in [0.15, 0.2) is 42.5 Å². The molecule has 2 unspecified atom stereocenters. The minimum atomic E-state index is -0.734. The molecule has 4 nitrogen and oxygen atoms in total. The summed E-state index contributed by atoms with van der Waals surface area (Å²) in [5, 5.41) is 0. The normalized spacial score (nSPS) is 18.3. The summed E-state index contributed by atoms with van der Waals surface area (Å²) in [4.78, 5) is 14.1. The van der Waals surface area contributed by atoms with E-state index in [1.54, 1.807) is 25.7 Å². The highest BCUT2D eigenvalue weighted by Crippen LogP contribution is 2.49. The fourth-order valence-corrected chi connectivity index (χ4v) is 3.42. The standard InChI is InChI=1S/C23H27F2NO3/c1-5-26(22(27)29-23(2,3)4)20-13-17(20)18-11-16(24)12-19(25)21(18)28-14-15-9-7-6-8-10-15/h6-12,17,20H,5,13-14H2,1-4H3. The molecular weight excluding hydrogens is 376 g/mol. The number of carbonyl (C=O) groups is 1. The molecule has 1 amide bonds. The molecule has 3 rings (SSSR count). The number of carbonyl (C=O) groups excluding carboxylic acids is 1. The summed E-state index contributed by atoms with van der Waals surface area (Å²) in [5.74, 6) is -1.54. The molecule has 6 heteroatoms. The smallest absolute Gasteiger partial charge is 0.410 e. The summed E-state index contributed by atoms with van der Waals surface area (Å²) >= 11 is 0. The number of amides is 1. The Morgan fingerprint density at radius 1 is 1.17 bits per heavy atom. The molecule has 0 aliphatic heterocycles. The SMILES string of the molecule is CCN(C(=O)OC(C)(C)C)C1CC1c1cc(F)cc(F)c1OCc1ccccc1. The van der Waals surface area contributed by atoms with Crippen molar-refractivity contribution in [1.29, 1.82) is 0 Å². The molecule has 1 aliphatic rings. The van der Waals surface area contributed by atoms with Gasteiger partial charge < -0.3 is 14.4 Å². The quantitative estimate of drug-likeness (QED) is 0.625. The predicted molar refractivity (Wildman–Crippen MR) is 107 cm³/mol. The van der Waals surface area contributed by atoms with Crippen LogP contribution in [0.4, 0.5) is 13.6 Å². The summed E-state index contributed by atoms with van der Waals surface area (Å²) in [6.45, 7) is 7.91. The lowest BCUT2D eigenvalue weighted by Gasteiger charge is -2.27. The first-order valence-electron chi connectivity index (χ1n) is 9.85. The van der Waals surface area contributed by atoms with Crippen LogP contribution < -0.4 is 4.74 Å². The van der Waals surface area contributed by atoms with Gasteiger partial charge in [-0.2, -0.15) is 0 Å². The number of nitrogens with zero attached hydrogens (tertiary/aromatic N) is 1. The van der Waals surface area contributed by atoms with Gasteiger partial charge in [0.25, 0.3) is 0 Å². The zero-order valence-corrected chi connectivity index (χ0v) is 17.2. The van der Waals surface area contributed by atoms with Crippen molar-refractivity contribution >= 4 is 6.09 Å². The number of ether oxygens (including phenoxy) is 2. The van der Waals surface area contributed by atoms with E-state index in [-0.39, 0.29) is 24.3 Å². The van der Waals surface area contributed by atoms with Crippen LogP contribution in [0.1, 0.15) is 51.2 Å². The van der Waals surface area contributed by atoms with E-state index in [1.165, 1.54) is 6.07 Å². The fraction of sp³-hybridized carbons (Fsp3) is 0.435. The molecule has 0 aromatic heterocycles. The highest BCUT2D eigenvalue weighted by Gasteiger charge is 2.47. The number of halogens is 2. The molecule has 2 aromatic carbocycles. The van der Waals surface area contributed by atoms with Crippen LogP contribution in [0.3, 0.4) is 0 Å². The van der Waals surface area contributed by atoms with Crippen molar-refractivity contribution in [2.75, 3.05) is 6.54 Å². The van der Waals surface area contributed by atoms with E-state index in [4.69, 9.17) is 9.47 Å². The van der Waals surface area contributed by atoms with Gasteiger partial charge in [-0.3, -0.25) is 0 Å². The molecule has 0 bridgehead atoms. The number of rotatable bonds is 6. The van der Waals surface area contributed by atoms with Gasteiger partial charge in [0, 0.05) is 30.1 Å². The predicted octanol–water partition coefficient (Wildman–Crippen LogP) is 5.66. The molecule has 0 saturated heterocycles. The van der Waals surface area contributed by atoms with Gasteiger partial charge >= 0.3 is 6.09 Å². The Hall–Kier alpha value is -2.63. The van der Waals surface area contributed by atoms with E-state index in [1.807, 2.05) is 37.3 Å². The molecule has 1 fully saturated rings. The van der Waals surface area contributed by atoms with Gasteiger partial charge in [-0.1, -0.05) is 30.3 Å². The topological polar surface area (TPSA) is 38.8 Å². The zero-order valence-electron chi connectivity index (χ0n) is 17.2. The maximum atomic E-state index is 14.5. The Balaban J connectivity index is 1.79. The van der Waals surface area contributed by atoms with Crippen LogP contribution in [-0.4, -0.2) is 29.2 Å². The van der Waals surface area contributed by atoms with E-state index in [0.29, 0.717) is 18.5 Å². The van der Waals surface area contributed by atoms with Gasteiger partial charge in [0.1, 0.15) is 18.0 Å². The van der Waals surface area contributed by atoms with Crippen molar-refractivity contribution in [3.05, 3.63) is 65.2 Å². The van der Waals surface area contributed by atoms with Crippen LogP contribution in [0, 0.1) is 11.6 Å². The fourth-order valence-electron chi connectivity index (χ4n) is 3.42. The van der Waals surface area contributed by atoms with Crippen LogP contribution in [-0.2, 0) is 11.3 Å². The lowest BCUT2D eigenvalue weighted by Crippen LogP contribution is -2.38. The van der Waals surface area contributed by atoms with E-state index >= 15 is 0 Å². The Morgan fingerprint density at radius 3 is 2.48 bits per heavy atom. The van der Waals surface area contributed by atoms with Crippen LogP contribution in [0.2, 0.25) is 0 Å². The second kappa shape index (κ2) is 8.39. The zero-order chi connectivity index (χ0) is 21.2. The van der Waals surface area contributed by atoms with Gasteiger partial charge in [0.05, 0.1) is 0 Å². The number of hydrogen-bond donors (Lipinski definition) is 0. The highest BCUT2D eigenvalue weighted by atomic mass is 19.1. The van der Waals surface area contributed by atoms with Gasteiger partial charge in [0.15, 0.2) is 11.6 Å². The summed E-state index contributed by atoms with van der Waals surface area (Å²) in [5.41, 5.74) is 0.730. The first-order valence-corrected chi connectivity index (χ1v) is 9.85. The van der Waals surface area contributed by atoms with E-state index in [2.05, 4.69) is 0 Å². The molecule has 0 heterocycles. The highest BCUT2D eigenvalue weighted by molar-refractivity contribution is 5.69. The Kier molecular flexibility index (Phi) is 6.10. The number of hydrogen-bond acceptors (Lipinski definition) is 3. The summed E-state index contributed by atoms with van der Waals surface area (Å²) in [6, 6.07) is 11.3. The third-order valence-electron chi connectivity index (χ3n) is 4.79. The van der Waals surface area contributed by atoms with Crippen molar-refractivity contribution in [2.45, 2.75) is 58.3 Å². The maximum Gasteiger partial charge on any atom is 0.410 e. The third kappa shape index (κ3) is 5.25. The lowest BCUT2D eigenvalue weighted by atomic mass is 10.1. The van der Waals surface area contributed by atoms with E-state index in [9.17, 15) is 13.6 Å². The van der Waals surface area contributed by atoms with E-state index in [0.717, 1.165) is 11.6 Å². The molecule has 1 saturated carbocycles. The van der Waals surface area contributed by atoms with Crippen molar-refractivity contribution in [2.24, 2.45) is 0 Å². The summed E-state index contributed by atoms with van der Waals surface area (Å²) < 4.78 is 39.7. The van der Waals surface area contributed by atoms with Gasteiger partial charge in [-0.25, -0.2) is 13.6 Å². The Morgan fingerprint density at radius 2 is 1.86 bits per heavy atom. The van der Waals surface area contributed by atoms with E-state index < -0.39 is 23.3 Å². The van der Waals surface area contributed by atoms with Crippen LogP contribution in [0.25, 0.3) is 0 Å². The van der Waals surface area contributed by atoms with Crippen LogP contribution in [0.5, 0.6) is 5.75 Å². The molecule has 2 atom stereocenters. The minimum Gasteiger partial charge on any atom is -0.486 e. The molecule has 1 aliphatic carbocycles. The monoisotopic (exact) mass is 403 g/mol. The van der Waals surface area contributed by atoms with Crippen molar-refractivity contribution in [1.82, 2.24) is 4.90 Å². The minimum absolute atomic E-state index is 0.0444. The second-order valence-electron chi connectivity index (χ2n) is 8.26. The second-order valence-corrected chi connectivity index (χ2v) is 8.26. The molecule has 0 spiro atoms. The lowest BCUT2D eigenvalue weighted by molar-refractivity contribution is 0.0241. The first kappa shape index (κ1) is 21.1. The third-order valence-corrected chi connectivity index (χ3v) is 4.79. The molecule has 0 N–H and O–H groups in total. The first-order chi connectivity index (χ1) is 13.7. The molecule has 0 radical (unpaired) electrons. The molecular formula is C23H27F2NO3.